The summed E-state index contributed by atoms with van der Waals surface area (Å²) in [4.78, 5) is 2.35. The van der Waals surface area contributed by atoms with E-state index in [1.54, 1.807) is 0 Å². The van der Waals surface area contributed by atoms with Crippen LogP contribution in [0.3, 0.4) is 0 Å². The molecular weight excluding hydrogens is 283 g/mol. The van der Waals surface area contributed by atoms with Crippen LogP contribution in [0.5, 0.6) is 0 Å². The average Bonchev–Trinajstić information content (AvgIpc) is 3.09. The van der Waals surface area contributed by atoms with Crippen LogP contribution in [0.2, 0.25) is 0 Å². The van der Waals surface area contributed by atoms with Gasteiger partial charge in [-0.2, -0.15) is 18.3 Å². The number of hydrogen-bond acceptors (Lipinski definition) is 3. The zero-order valence-electron chi connectivity index (χ0n) is 11.8. The topological polar surface area (TPSA) is 41.1 Å². The molecule has 0 spiro atoms. The maximum atomic E-state index is 12.6. The van der Waals surface area contributed by atoms with Gasteiger partial charge in [-0.3, -0.25) is 5.10 Å². The fraction of sp³-hybridized carbons (Fsp3) is 0.786. The summed E-state index contributed by atoms with van der Waals surface area (Å²) in [6.07, 6.45) is -1.36. The van der Waals surface area contributed by atoms with E-state index in [9.17, 15) is 13.2 Å². The van der Waals surface area contributed by atoms with Crippen molar-refractivity contribution in [1.29, 1.82) is 0 Å². The van der Waals surface area contributed by atoms with Gasteiger partial charge in [0.05, 0.1) is 6.61 Å². The van der Waals surface area contributed by atoms with Crippen molar-refractivity contribution in [2.45, 2.75) is 31.4 Å². The van der Waals surface area contributed by atoms with Crippen molar-refractivity contribution in [2.24, 2.45) is 5.92 Å². The second-order valence-corrected chi connectivity index (χ2v) is 6.03. The highest BCUT2D eigenvalue weighted by atomic mass is 19.4. The van der Waals surface area contributed by atoms with E-state index in [1.165, 1.54) is 0 Å². The molecule has 2 unspecified atom stereocenters. The first-order chi connectivity index (χ1) is 10.0. The maximum absolute atomic E-state index is 12.6. The summed E-state index contributed by atoms with van der Waals surface area (Å²) in [6.45, 7) is 4.45. The Hall–Kier alpha value is -1.08. The number of halogens is 3. The summed E-state index contributed by atoms with van der Waals surface area (Å²) in [5.74, 6) is 0.681. The fourth-order valence-electron chi connectivity index (χ4n) is 3.26. The summed E-state index contributed by atoms with van der Waals surface area (Å²) < 4.78 is 43.2. The third-order valence-corrected chi connectivity index (χ3v) is 4.37. The number of likely N-dealkylation sites (tertiary alicyclic amines) is 1. The standard InChI is InChI=1S/C14H20F3N3O/c15-14(16,17)13-6-12(18-19-13)11-2-1-4-20(8-11)7-10-3-5-21-9-10/h6,10-11H,1-5,7-9H2,(H,18,19). The van der Waals surface area contributed by atoms with Gasteiger partial charge in [0.1, 0.15) is 0 Å². The molecule has 7 heteroatoms. The van der Waals surface area contributed by atoms with Crippen LogP contribution in [-0.4, -0.2) is 47.9 Å². The molecule has 1 N–H and O–H groups in total. The van der Waals surface area contributed by atoms with Gasteiger partial charge in [0, 0.05) is 31.3 Å². The zero-order chi connectivity index (χ0) is 14.9. The molecule has 0 radical (unpaired) electrons. The fourth-order valence-corrected chi connectivity index (χ4v) is 3.26. The number of piperidine rings is 1. The second-order valence-electron chi connectivity index (χ2n) is 6.03. The van der Waals surface area contributed by atoms with Crippen LogP contribution >= 0.6 is 0 Å². The number of ether oxygens (including phenoxy) is 1. The van der Waals surface area contributed by atoms with E-state index in [4.69, 9.17) is 4.74 Å². The number of aromatic nitrogens is 2. The largest absolute Gasteiger partial charge is 0.435 e. The predicted molar refractivity (Wildman–Crippen MR) is 70.9 cm³/mol. The van der Waals surface area contributed by atoms with Crippen LogP contribution in [0.25, 0.3) is 0 Å². The van der Waals surface area contributed by atoms with E-state index < -0.39 is 11.9 Å². The van der Waals surface area contributed by atoms with Crippen molar-refractivity contribution < 1.29 is 17.9 Å². The van der Waals surface area contributed by atoms with E-state index in [2.05, 4.69) is 15.1 Å². The molecule has 3 heterocycles. The first kappa shape index (κ1) is 14.8. The van der Waals surface area contributed by atoms with Crippen molar-refractivity contribution in [1.82, 2.24) is 15.1 Å². The lowest BCUT2D eigenvalue weighted by Crippen LogP contribution is -2.38. The minimum absolute atomic E-state index is 0.115. The highest BCUT2D eigenvalue weighted by Crippen LogP contribution is 2.32. The number of hydrogen-bond donors (Lipinski definition) is 1. The van der Waals surface area contributed by atoms with Crippen LogP contribution in [0, 0.1) is 5.92 Å². The summed E-state index contributed by atoms with van der Waals surface area (Å²) in [6, 6.07) is 1.16. The summed E-state index contributed by atoms with van der Waals surface area (Å²) in [5.41, 5.74) is -0.214. The number of nitrogens with zero attached hydrogens (tertiary/aromatic N) is 2. The maximum Gasteiger partial charge on any atom is 0.435 e. The minimum atomic E-state index is -4.37. The van der Waals surface area contributed by atoms with Crippen LogP contribution in [-0.2, 0) is 10.9 Å². The van der Waals surface area contributed by atoms with Crippen molar-refractivity contribution in [3.8, 4) is 0 Å². The van der Waals surface area contributed by atoms with Gasteiger partial charge in [-0.15, -0.1) is 0 Å². The molecule has 1 aromatic rings. The Kier molecular flexibility index (Phi) is 4.21. The monoisotopic (exact) mass is 303 g/mol. The van der Waals surface area contributed by atoms with Gasteiger partial charge in [-0.05, 0) is 37.8 Å². The summed E-state index contributed by atoms with van der Waals surface area (Å²) >= 11 is 0. The first-order valence-corrected chi connectivity index (χ1v) is 7.45. The Labute approximate surface area is 121 Å². The molecule has 4 nitrogen and oxygen atoms in total. The molecule has 0 aromatic carbocycles. The molecule has 2 fully saturated rings. The smallest absolute Gasteiger partial charge is 0.381 e. The Morgan fingerprint density at radius 2 is 2.24 bits per heavy atom. The van der Waals surface area contributed by atoms with E-state index in [1.807, 2.05) is 0 Å². The molecule has 0 bridgehead atoms. The SMILES string of the molecule is FC(F)(F)c1cc(C2CCCN(CC3CCOC3)C2)[nH]n1. The third kappa shape index (κ3) is 3.58. The Balaban J connectivity index is 1.61. The molecule has 21 heavy (non-hydrogen) atoms. The summed E-state index contributed by atoms with van der Waals surface area (Å²) in [7, 11) is 0. The van der Waals surface area contributed by atoms with Crippen molar-refractivity contribution in [3.63, 3.8) is 0 Å². The third-order valence-electron chi connectivity index (χ3n) is 4.37. The van der Waals surface area contributed by atoms with Gasteiger partial charge in [-0.25, -0.2) is 0 Å². The molecule has 2 aliphatic rings. The van der Waals surface area contributed by atoms with E-state index in [-0.39, 0.29) is 5.92 Å². The number of alkyl halides is 3. The molecule has 0 amide bonds. The van der Waals surface area contributed by atoms with Gasteiger partial charge >= 0.3 is 6.18 Å². The highest BCUT2D eigenvalue weighted by molar-refractivity contribution is 5.16. The first-order valence-electron chi connectivity index (χ1n) is 7.45. The zero-order valence-corrected chi connectivity index (χ0v) is 11.8. The van der Waals surface area contributed by atoms with Gasteiger partial charge in [0.15, 0.2) is 5.69 Å². The predicted octanol–water partition coefficient (Wildman–Crippen LogP) is 2.64. The van der Waals surface area contributed by atoms with Gasteiger partial charge in [-0.1, -0.05) is 0 Å². The van der Waals surface area contributed by atoms with E-state index >= 15 is 0 Å². The molecular formula is C14H20F3N3O. The quantitative estimate of drug-likeness (QED) is 0.933. The van der Waals surface area contributed by atoms with E-state index in [0.717, 1.165) is 58.2 Å². The van der Waals surface area contributed by atoms with Gasteiger partial charge in [0.25, 0.3) is 0 Å². The van der Waals surface area contributed by atoms with Gasteiger partial charge in [0.2, 0.25) is 0 Å². The lowest BCUT2D eigenvalue weighted by molar-refractivity contribution is -0.141. The molecule has 2 aliphatic heterocycles. The normalized spacial score (nSPS) is 28.1. The molecule has 1 aromatic heterocycles. The van der Waals surface area contributed by atoms with E-state index in [0.29, 0.717) is 11.6 Å². The Bertz CT molecular complexity index is 468. The van der Waals surface area contributed by atoms with Crippen molar-refractivity contribution in [3.05, 3.63) is 17.5 Å². The van der Waals surface area contributed by atoms with Crippen LogP contribution in [0.4, 0.5) is 13.2 Å². The lowest BCUT2D eigenvalue weighted by atomic mass is 9.93. The second kappa shape index (κ2) is 5.96. The number of aromatic amines is 1. The molecule has 0 aliphatic carbocycles. The van der Waals surface area contributed by atoms with Gasteiger partial charge < -0.3 is 9.64 Å². The Morgan fingerprint density at radius 3 is 2.90 bits per heavy atom. The number of nitrogens with one attached hydrogen (secondary N) is 1. The number of rotatable bonds is 3. The molecule has 2 saturated heterocycles. The van der Waals surface area contributed by atoms with Crippen LogP contribution in [0.1, 0.15) is 36.6 Å². The van der Waals surface area contributed by atoms with Crippen molar-refractivity contribution in [2.75, 3.05) is 32.8 Å². The molecule has 3 rings (SSSR count). The van der Waals surface area contributed by atoms with Crippen LogP contribution in [0.15, 0.2) is 6.07 Å². The molecule has 0 saturated carbocycles. The van der Waals surface area contributed by atoms with Crippen molar-refractivity contribution >= 4 is 0 Å². The van der Waals surface area contributed by atoms with Crippen LogP contribution < -0.4 is 0 Å². The number of H-pyrrole nitrogens is 1. The lowest BCUT2D eigenvalue weighted by Gasteiger charge is -2.33. The minimum Gasteiger partial charge on any atom is -0.381 e. The summed E-state index contributed by atoms with van der Waals surface area (Å²) in [5, 5.41) is 5.98. The average molecular weight is 303 g/mol. The Morgan fingerprint density at radius 1 is 1.38 bits per heavy atom. The molecule has 118 valence electrons. The highest BCUT2D eigenvalue weighted by Gasteiger charge is 2.35. The molecule has 2 atom stereocenters.